The normalized spacial score (nSPS) is 12.6. The maximum absolute atomic E-state index is 13.8. The number of carbonyl (C=O) groups excluding carboxylic acids is 2. The summed E-state index contributed by atoms with van der Waals surface area (Å²) in [5.74, 6) is 0.392. The fourth-order valence-electron chi connectivity index (χ4n) is 4.14. The van der Waals surface area contributed by atoms with E-state index < -0.39 is 6.04 Å². The monoisotopic (exact) mass is 554 g/mol. The Morgan fingerprint density at radius 3 is 2.24 bits per heavy atom. The molecule has 0 fully saturated rings. The molecule has 0 aromatic heterocycles. The highest BCUT2D eigenvalue weighted by Gasteiger charge is 2.31. The molecule has 0 spiro atoms. The molecule has 3 aromatic carbocycles. The van der Waals surface area contributed by atoms with E-state index in [1.165, 1.54) is 0 Å². The largest absolute Gasteiger partial charge is 0.483 e. The fourth-order valence-corrected chi connectivity index (χ4v) is 4.46. The van der Waals surface area contributed by atoms with Crippen LogP contribution < -0.4 is 10.1 Å². The van der Waals surface area contributed by atoms with Crippen LogP contribution in [0.5, 0.6) is 5.75 Å². The second kappa shape index (κ2) is 14.2. The third-order valence-electron chi connectivity index (χ3n) is 6.50. The lowest BCUT2D eigenvalue weighted by molar-refractivity contribution is -0.143. The Labute approximate surface area is 236 Å². The summed E-state index contributed by atoms with van der Waals surface area (Å²) in [4.78, 5) is 29.0. The quantitative estimate of drug-likeness (QED) is 0.261. The highest BCUT2D eigenvalue weighted by Crippen LogP contribution is 2.27. The van der Waals surface area contributed by atoms with Gasteiger partial charge >= 0.3 is 0 Å². The van der Waals surface area contributed by atoms with Crippen LogP contribution in [0.4, 0.5) is 0 Å². The van der Waals surface area contributed by atoms with Crippen molar-refractivity contribution in [1.29, 1.82) is 0 Å². The predicted molar refractivity (Wildman–Crippen MR) is 155 cm³/mol. The Morgan fingerprint density at radius 2 is 1.58 bits per heavy atom. The van der Waals surface area contributed by atoms with Gasteiger partial charge in [-0.1, -0.05) is 98.6 Å². The number of amides is 2. The molecule has 0 aliphatic carbocycles. The van der Waals surface area contributed by atoms with Crippen LogP contribution >= 0.6 is 23.2 Å². The minimum Gasteiger partial charge on any atom is -0.483 e. The lowest BCUT2D eigenvalue weighted by Crippen LogP contribution is -2.53. The molecule has 0 bridgehead atoms. The number of ether oxygens (including phenoxy) is 1. The number of rotatable bonds is 12. The molecule has 0 heterocycles. The summed E-state index contributed by atoms with van der Waals surface area (Å²) >= 11 is 12.4. The van der Waals surface area contributed by atoms with E-state index in [0.717, 1.165) is 23.1 Å². The van der Waals surface area contributed by atoms with Crippen molar-refractivity contribution in [2.24, 2.45) is 0 Å². The van der Waals surface area contributed by atoms with Crippen LogP contribution in [0.3, 0.4) is 0 Å². The summed E-state index contributed by atoms with van der Waals surface area (Å²) < 4.78 is 6.03. The Bertz CT molecular complexity index is 1220. The van der Waals surface area contributed by atoms with Gasteiger partial charge in [-0.15, -0.1) is 0 Å². The maximum atomic E-state index is 13.8. The van der Waals surface area contributed by atoms with E-state index in [9.17, 15) is 9.59 Å². The molecule has 0 radical (unpaired) electrons. The van der Waals surface area contributed by atoms with Crippen molar-refractivity contribution in [3.63, 3.8) is 0 Å². The van der Waals surface area contributed by atoms with Crippen molar-refractivity contribution in [3.05, 3.63) is 99.5 Å². The summed E-state index contributed by atoms with van der Waals surface area (Å²) in [6, 6.07) is 21.9. The average Bonchev–Trinajstić information content (AvgIpc) is 2.91. The zero-order valence-corrected chi connectivity index (χ0v) is 23.9. The zero-order chi connectivity index (χ0) is 27.7. The third-order valence-corrected chi connectivity index (χ3v) is 7.24. The number of nitrogens with zero attached hydrogens (tertiary/aromatic N) is 1. The highest BCUT2D eigenvalue weighted by atomic mass is 35.5. The van der Waals surface area contributed by atoms with Crippen LogP contribution in [-0.2, 0) is 22.6 Å². The molecular weight excluding hydrogens is 519 g/mol. The van der Waals surface area contributed by atoms with E-state index in [-0.39, 0.29) is 36.9 Å². The Kier molecular flexibility index (Phi) is 11.1. The van der Waals surface area contributed by atoms with E-state index in [1.807, 2.05) is 74.5 Å². The number of hydrogen-bond donors (Lipinski definition) is 1. The third kappa shape index (κ3) is 8.24. The molecule has 5 nitrogen and oxygen atoms in total. The van der Waals surface area contributed by atoms with Gasteiger partial charge < -0.3 is 15.0 Å². The van der Waals surface area contributed by atoms with Gasteiger partial charge in [0.2, 0.25) is 5.91 Å². The SMILES string of the molecule is CC[C@@H](C)NC(=O)[C@H](Cc1ccccc1)N(Cc1ccc(Cl)c(Cl)c1)C(=O)COc1ccccc1C(C)C. The van der Waals surface area contributed by atoms with Crippen LogP contribution in [0.1, 0.15) is 56.7 Å². The van der Waals surface area contributed by atoms with E-state index in [0.29, 0.717) is 22.2 Å². The molecule has 2 atom stereocenters. The number of hydrogen-bond acceptors (Lipinski definition) is 3. The molecule has 2 amide bonds. The Hall–Kier alpha value is -3.02. The highest BCUT2D eigenvalue weighted by molar-refractivity contribution is 6.42. The van der Waals surface area contributed by atoms with E-state index in [2.05, 4.69) is 19.2 Å². The van der Waals surface area contributed by atoms with Crippen molar-refractivity contribution >= 4 is 35.0 Å². The number of para-hydroxylation sites is 1. The number of halogens is 2. The molecule has 3 rings (SSSR count). The zero-order valence-electron chi connectivity index (χ0n) is 22.4. The van der Waals surface area contributed by atoms with Gasteiger partial charge in [0.05, 0.1) is 10.0 Å². The molecule has 3 aromatic rings. The van der Waals surface area contributed by atoms with E-state index in [1.54, 1.807) is 17.0 Å². The first kappa shape index (κ1) is 29.5. The second-order valence-electron chi connectivity index (χ2n) is 9.77. The number of benzene rings is 3. The first-order chi connectivity index (χ1) is 18.2. The summed E-state index contributed by atoms with van der Waals surface area (Å²) in [7, 11) is 0. The summed E-state index contributed by atoms with van der Waals surface area (Å²) in [6.45, 7) is 8.10. The molecule has 0 saturated carbocycles. The van der Waals surface area contributed by atoms with Crippen molar-refractivity contribution in [2.45, 2.75) is 65.1 Å². The first-order valence-electron chi connectivity index (χ1n) is 13.0. The standard InChI is InChI=1S/C31H36Cl2N2O3/c1-5-22(4)34-31(37)28(18-23-11-7-6-8-12-23)35(19-24-15-16-26(32)27(33)17-24)30(36)20-38-29-14-10-9-13-25(29)21(2)3/h6-17,21-22,28H,5,18-20H2,1-4H3,(H,34,37)/t22-,28+/m1/s1. The lowest BCUT2D eigenvalue weighted by atomic mass is 10.0. The van der Waals surface area contributed by atoms with Crippen LogP contribution in [0.15, 0.2) is 72.8 Å². The summed E-state index contributed by atoms with van der Waals surface area (Å²) in [5.41, 5.74) is 2.74. The van der Waals surface area contributed by atoms with E-state index in [4.69, 9.17) is 27.9 Å². The lowest BCUT2D eigenvalue weighted by Gasteiger charge is -2.32. The van der Waals surface area contributed by atoms with Gasteiger partial charge in [0.1, 0.15) is 11.8 Å². The van der Waals surface area contributed by atoms with Crippen LogP contribution in [-0.4, -0.2) is 35.4 Å². The molecule has 0 saturated heterocycles. The van der Waals surface area contributed by atoms with Crippen molar-refractivity contribution in [3.8, 4) is 5.75 Å². The van der Waals surface area contributed by atoms with Gasteiger partial charge in [0, 0.05) is 19.0 Å². The van der Waals surface area contributed by atoms with Gasteiger partial charge in [0.15, 0.2) is 6.61 Å². The van der Waals surface area contributed by atoms with Gasteiger partial charge in [-0.3, -0.25) is 9.59 Å². The van der Waals surface area contributed by atoms with Crippen LogP contribution in [0.2, 0.25) is 10.0 Å². The second-order valence-corrected chi connectivity index (χ2v) is 10.6. The first-order valence-corrected chi connectivity index (χ1v) is 13.7. The van der Waals surface area contributed by atoms with Crippen molar-refractivity contribution in [2.75, 3.05) is 6.61 Å². The van der Waals surface area contributed by atoms with Crippen molar-refractivity contribution < 1.29 is 14.3 Å². The molecule has 0 aliphatic rings. The summed E-state index contributed by atoms with van der Waals surface area (Å²) in [5, 5.41) is 3.89. The Balaban J connectivity index is 1.96. The summed E-state index contributed by atoms with van der Waals surface area (Å²) in [6.07, 6.45) is 1.14. The minimum atomic E-state index is -0.753. The predicted octanol–water partition coefficient (Wildman–Crippen LogP) is 7.05. The molecular formula is C31H36Cl2N2O3. The van der Waals surface area contributed by atoms with Crippen LogP contribution in [0, 0.1) is 0 Å². The van der Waals surface area contributed by atoms with Gasteiger partial charge in [-0.25, -0.2) is 0 Å². The molecule has 38 heavy (non-hydrogen) atoms. The average molecular weight is 556 g/mol. The molecule has 7 heteroatoms. The molecule has 0 unspecified atom stereocenters. The van der Waals surface area contributed by atoms with Crippen LogP contribution in [0.25, 0.3) is 0 Å². The van der Waals surface area contributed by atoms with Crippen molar-refractivity contribution in [1.82, 2.24) is 10.2 Å². The van der Waals surface area contributed by atoms with Gasteiger partial charge in [0.25, 0.3) is 5.91 Å². The minimum absolute atomic E-state index is 0.0307. The maximum Gasteiger partial charge on any atom is 0.261 e. The molecule has 1 N–H and O–H groups in total. The van der Waals surface area contributed by atoms with E-state index >= 15 is 0 Å². The topological polar surface area (TPSA) is 58.6 Å². The molecule has 202 valence electrons. The molecule has 0 aliphatic heterocycles. The smallest absolute Gasteiger partial charge is 0.261 e. The number of nitrogens with one attached hydrogen (secondary N) is 1. The fraction of sp³-hybridized carbons (Fsp3) is 0.355. The van der Waals surface area contributed by atoms with Gasteiger partial charge in [-0.2, -0.15) is 0 Å². The van der Waals surface area contributed by atoms with Gasteiger partial charge in [-0.05, 0) is 54.2 Å². The Morgan fingerprint density at radius 1 is 0.895 bits per heavy atom. The number of carbonyl (C=O) groups is 2.